The molecule has 0 N–H and O–H groups in total. The largest absolute Gasteiger partial charge is 0.213 e. The summed E-state index contributed by atoms with van der Waals surface area (Å²) in [7, 11) is 0. The van der Waals surface area contributed by atoms with Crippen molar-refractivity contribution in [3.8, 4) is 0 Å². The van der Waals surface area contributed by atoms with Gasteiger partial charge in [-0.25, -0.2) is 4.99 Å². The predicted molar refractivity (Wildman–Crippen MR) is 47.1 cm³/mol. The molecule has 0 aliphatic carbocycles. The molecule has 0 radical (unpaired) electrons. The molecule has 0 unspecified atom stereocenters. The van der Waals surface area contributed by atoms with Crippen molar-refractivity contribution < 1.29 is 0 Å². The lowest BCUT2D eigenvalue weighted by molar-refractivity contribution is 0.658. The Morgan fingerprint density at radius 3 is 3.00 bits per heavy atom. The summed E-state index contributed by atoms with van der Waals surface area (Å²) in [5.74, 6) is 3.50. The Hall–Kier alpha value is -0.460. The van der Waals surface area contributed by atoms with Gasteiger partial charge < -0.3 is 0 Å². The van der Waals surface area contributed by atoms with Gasteiger partial charge in [0.1, 0.15) is 0 Å². The second-order valence-corrected chi connectivity index (χ2v) is 3.68. The average molecular weight is 153 g/mol. The maximum Gasteiger partial charge on any atom is 0.0467 e. The minimum absolute atomic E-state index is 0.723. The molecule has 54 valence electrons. The minimum Gasteiger partial charge on any atom is -0.213 e. The molecular weight excluding hydrogens is 142 g/mol. The lowest BCUT2D eigenvalue weighted by Gasteiger charge is -2.05. The normalized spacial score (nSPS) is 16.1. The zero-order valence-corrected chi connectivity index (χ0v) is 7.11. The summed E-state index contributed by atoms with van der Waals surface area (Å²) in [6, 6.07) is 0. The monoisotopic (exact) mass is 153 g/mol. The van der Waals surface area contributed by atoms with Crippen molar-refractivity contribution in [3.05, 3.63) is 16.5 Å². The van der Waals surface area contributed by atoms with E-state index in [9.17, 15) is 0 Å². The molecule has 10 heavy (non-hydrogen) atoms. The van der Waals surface area contributed by atoms with E-state index in [4.69, 9.17) is 0 Å². The van der Waals surface area contributed by atoms with Crippen LogP contribution in [0, 0.1) is 5.92 Å². The summed E-state index contributed by atoms with van der Waals surface area (Å²) in [4.78, 5) is 5.26. The molecular formula is C8H11NS. The van der Waals surface area contributed by atoms with Crippen molar-refractivity contribution in [1.82, 2.24) is 0 Å². The summed E-state index contributed by atoms with van der Waals surface area (Å²) in [5.41, 5.74) is 0. The Balaban J connectivity index is 2.45. The molecule has 0 aromatic carbocycles. The van der Waals surface area contributed by atoms with Gasteiger partial charge in [0.2, 0.25) is 0 Å². The second kappa shape index (κ2) is 3.65. The van der Waals surface area contributed by atoms with E-state index in [2.05, 4.69) is 24.7 Å². The number of rotatable bonds is 2. The average Bonchev–Trinajstić information content (AvgIpc) is 1.88. The summed E-state index contributed by atoms with van der Waals surface area (Å²) in [6.45, 7) is 4.42. The molecule has 0 amide bonds. The lowest BCUT2D eigenvalue weighted by Crippen LogP contribution is -1.88. The number of thioether (sulfide) groups is 1. The van der Waals surface area contributed by atoms with E-state index >= 15 is 0 Å². The highest BCUT2D eigenvalue weighted by Gasteiger charge is 2.01. The smallest absolute Gasteiger partial charge is 0.0467 e. The highest BCUT2D eigenvalue weighted by atomic mass is 32.2. The van der Waals surface area contributed by atoms with Gasteiger partial charge >= 0.3 is 0 Å². The highest BCUT2D eigenvalue weighted by molar-refractivity contribution is 8.06. The van der Waals surface area contributed by atoms with Crippen LogP contribution in [0.4, 0.5) is 0 Å². The van der Waals surface area contributed by atoms with Gasteiger partial charge in [-0.1, -0.05) is 25.6 Å². The highest BCUT2D eigenvalue weighted by Crippen LogP contribution is 2.24. The SMILES string of the molecule is CC(C)CC1=CN=C=CS1. The van der Waals surface area contributed by atoms with E-state index in [1.807, 2.05) is 11.6 Å². The summed E-state index contributed by atoms with van der Waals surface area (Å²) < 4.78 is 0. The maximum atomic E-state index is 3.92. The molecule has 0 fully saturated rings. The lowest BCUT2D eigenvalue weighted by atomic mass is 10.1. The Bertz CT molecular complexity index is 197. The van der Waals surface area contributed by atoms with E-state index in [1.54, 1.807) is 11.8 Å². The van der Waals surface area contributed by atoms with E-state index < -0.39 is 0 Å². The fraction of sp³-hybridized carbons (Fsp3) is 0.500. The van der Waals surface area contributed by atoms with Crippen LogP contribution in [0.15, 0.2) is 21.5 Å². The van der Waals surface area contributed by atoms with Crippen LogP contribution in [-0.2, 0) is 0 Å². The van der Waals surface area contributed by atoms with Gasteiger partial charge in [0.05, 0.1) is 0 Å². The zero-order chi connectivity index (χ0) is 7.40. The van der Waals surface area contributed by atoms with Crippen LogP contribution in [0.25, 0.3) is 0 Å². The van der Waals surface area contributed by atoms with Crippen molar-refractivity contribution in [2.45, 2.75) is 20.3 Å². The Labute approximate surface area is 65.9 Å². The maximum absolute atomic E-state index is 3.92. The van der Waals surface area contributed by atoms with Crippen LogP contribution in [0.2, 0.25) is 0 Å². The standard InChI is InChI=1S/C8H11NS/c1-7(2)5-8-6-9-3-4-10-8/h4,6-7H,5H2,1-2H3. The van der Waals surface area contributed by atoms with Gasteiger partial charge in [-0.05, 0) is 18.2 Å². The summed E-state index contributed by atoms with van der Waals surface area (Å²) >= 11 is 1.72. The molecule has 1 heterocycles. The number of nitrogens with zero attached hydrogens (tertiary/aromatic N) is 1. The van der Waals surface area contributed by atoms with Crippen LogP contribution in [0.5, 0.6) is 0 Å². The second-order valence-electron chi connectivity index (χ2n) is 2.69. The van der Waals surface area contributed by atoms with Gasteiger partial charge in [-0.2, -0.15) is 0 Å². The molecule has 1 rings (SSSR count). The van der Waals surface area contributed by atoms with Crippen molar-refractivity contribution in [2.24, 2.45) is 10.9 Å². The third kappa shape index (κ3) is 2.42. The number of hydrogen-bond acceptors (Lipinski definition) is 2. The van der Waals surface area contributed by atoms with Crippen molar-refractivity contribution in [2.75, 3.05) is 0 Å². The van der Waals surface area contributed by atoms with E-state index in [0.717, 1.165) is 12.3 Å². The van der Waals surface area contributed by atoms with Crippen molar-refractivity contribution >= 4 is 17.6 Å². The molecule has 0 aromatic heterocycles. The molecule has 2 heteroatoms. The summed E-state index contributed by atoms with van der Waals surface area (Å²) in [6.07, 6.45) is 3.02. The molecule has 0 saturated heterocycles. The van der Waals surface area contributed by atoms with Crippen LogP contribution >= 0.6 is 11.8 Å². The number of aliphatic imine (C=N–C) groups is 1. The van der Waals surface area contributed by atoms with E-state index in [0.29, 0.717) is 0 Å². The predicted octanol–water partition coefficient (Wildman–Crippen LogP) is 2.80. The first-order valence-electron chi connectivity index (χ1n) is 3.42. The molecule has 0 saturated carbocycles. The Morgan fingerprint density at radius 2 is 2.50 bits per heavy atom. The van der Waals surface area contributed by atoms with Gasteiger partial charge in [0.15, 0.2) is 0 Å². The van der Waals surface area contributed by atoms with Crippen LogP contribution in [0.1, 0.15) is 20.3 Å². The van der Waals surface area contributed by atoms with E-state index in [1.165, 1.54) is 4.91 Å². The number of hydrogen-bond donors (Lipinski definition) is 0. The first kappa shape index (κ1) is 7.64. The van der Waals surface area contributed by atoms with Crippen molar-refractivity contribution in [1.29, 1.82) is 0 Å². The van der Waals surface area contributed by atoms with Crippen molar-refractivity contribution in [3.63, 3.8) is 0 Å². The third-order valence-corrected chi connectivity index (χ3v) is 1.95. The molecule has 0 bridgehead atoms. The Kier molecular flexibility index (Phi) is 2.79. The third-order valence-electron chi connectivity index (χ3n) is 1.16. The molecule has 1 aliphatic heterocycles. The fourth-order valence-corrected chi connectivity index (χ4v) is 1.58. The molecule has 0 spiro atoms. The zero-order valence-electron chi connectivity index (χ0n) is 6.29. The number of allylic oxidation sites excluding steroid dienone is 1. The molecule has 1 aliphatic rings. The van der Waals surface area contributed by atoms with Gasteiger partial charge in [0.25, 0.3) is 0 Å². The Morgan fingerprint density at radius 1 is 1.70 bits per heavy atom. The first-order chi connectivity index (χ1) is 4.79. The van der Waals surface area contributed by atoms with Crippen LogP contribution in [-0.4, -0.2) is 5.87 Å². The fourth-order valence-electron chi connectivity index (χ4n) is 0.775. The quantitative estimate of drug-likeness (QED) is 0.594. The molecule has 0 atom stereocenters. The minimum atomic E-state index is 0.723. The summed E-state index contributed by atoms with van der Waals surface area (Å²) in [5, 5.41) is 1.90. The van der Waals surface area contributed by atoms with E-state index in [-0.39, 0.29) is 0 Å². The van der Waals surface area contributed by atoms with Crippen LogP contribution in [0.3, 0.4) is 0 Å². The van der Waals surface area contributed by atoms with Gasteiger partial charge in [0, 0.05) is 16.5 Å². The molecule has 0 aromatic rings. The van der Waals surface area contributed by atoms with Gasteiger partial charge in [-0.15, -0.1) is 0 Å². The molecule has 1 nitrogen and oxygen atoms in total. The first-order valence-corrected chi connectivity index (χ1v) is 4.30. The topological polar surface area (TPSA) is 12.4 Å². The van der Waals surface area contributed by atoms with Gasteiger partial charge in [-0.3, -0.25) is 0 Å². The van der Waals surface area contributed by atoms with Crippen LogP contribution < -0.4 is 0 Å².